The van der Waals surface area contributed by atoms with Crippen LogP contribution in [0.3, 0.4) is 0 Å². The van der Waals surface area contributed by atoms with E-state index >= 15 is 0 Å². The first-order valence-electron chi connectivity index (χ1n) is 8.37. The van der Waals surface area contributed by atoms with Crippen LogP contribution in [0, 0.1) is 0 Å². The summed E-state index contributed by atoms with van der Waals surface area (Å²) in [7, 11) is 3.18. The molecule has 4 rings (SSSR count). The molecule has 8 nitrogen and oxygen atoms in total. The Morgan fingerprint density at radius 1 is 1.17 bits per heavy atom. The van der Waals surface area contributed by atoms with Crippen LogP contribution in [-0.4, -0.2) is 75.5 Å². The molecule has 1 N–H and O–H groups in total. The number of carbonyl (C=O) groups is 3. The van der Waals surface area contributed by atoms with Crippen molar-refractivity contribution >= 4 is 17.8 Å². The van der Waals surface area contributed by atoms with E-state index in [1.807, 2.05) is 0 Å². The zero-order valence-corrected chi connectivity index (χ0v) is 14.0. The molecule has 2 fully saturated rings. The second-order valence-corrected chi connectivity index (χ2v) is 6.91. The van der Waals surface area contributed by atoms with Crippen molar-refractivity contribution in [2.24, 2.45) is 0 Å². The third kappa shape index (κ3) is 1.85. The summed E-state index contributed by atoms with van der Waals surface area (Å²) in [5.74, 6) is -0.236. The Labute approximate surface area is 139 Å². The topological polar surface area (TPSA) is 89.6 Å². The van der Waals surface area contributed by atoms with Crippen LogP contribution >= 0.6 is 0 Å². The minimum atomic E-state index is -0.796. The van der Waals surface area contributed by atoms with Gasteiger partial charge in [0.2, 0.25) is 0 Å². The molecule has 2 aliphatic heterocycles. The number of imide groups is 1. The Morgan fingerprint density at radius 2 is 1.88 bits per heavy atom. The summed E-state index contributed by atoms with van der Waals surface area (Å²) in [6, 6.07) is -0.273. The van der Waals surface area contributed by atoms with Gasteiger partial charge >= 0.3 is 6.03 Å². The molecular weight excluding hydrogens is 310 g/mol. The highest BCUT2D eigenvalue weighted by atomic mass is 16.2. The molecule has 1 aromatic heterocycles. The Hall–Kier alpha value is -2.38. The van der Waals surface area contributed by atoms with Gasteiger partial charge in [0.05, 0.1) is 0 Å². The van der Waals surface area contributed by atoms with E-state index in [0.29, 0.717) is 31.6 Å². The van der Waals surface area contributed by atoms with E-state index in [1.165, 1.54) is 16.8 Å². The first-order chi connectivity index (χ1) is 11.5. The molecule has 1 aliphatic carbocycles. The van der Waals surface area contributed by atoms with Crippen LogP contribution in [-0.2, 0) is 17.6 Å². The lowest BCUT2D eigenvalue weighted by Gasteiger charge is -2.40. The van der Waals surface area contributed by atoms with Gasteiger partial charge in [-0.25, -0.2) is 4.79 Å². The molecule has 24 heavy (non-hydrogen) atoms. The van der Waals surface area contributed by atoms with Crippen LogP contribution in [0.1, 0.15) is 41.0 Å². The summed E-state index contributed by atoms with van der Waals surface area (Å²) in [6.07, 6.45) is 3.84. The molecule has 0 unspecified atom stereocenters. The number of hydrogen-bond donors (Lipinski definition) is 1. The van der Waals surface area contributed by atoms with Crippen molar-refractivity contribution < 1.29 is 14.4 Å². The number of hydrogen-bond acceptors (Lipinski definition) is 4. The molecule has 3 heterocycles. The fraction of sp³-hybridized carbons (Fsp3) is 0.625. The summed E-state index contributed by atoms with van der Waals surface area (Å²) in [5.41, 5.74) is 1.85. The van der Waals surface area contributed by atoms with Crippen molar-refractivity contribution in [2.45, 2.75) is 37.6 Å². The number of aromatic nitrogens is 2. The third-order valence-corrected chi connectivity index (χ3v) is 5.81. The van der Waals surface area contributed by atoms with E-state index in [2.05, 4.69) is 10.2 Å². The standard InChI is InChI=1S/C16H21N5O3/c1-19-14(23)16(20(2)15(19)24)6-8-21(9-7-16)13(22)12-10-4-3-5-11(10)17-18-12/h3-9H2,1-2H3,(H,17,18). The molecule has 4 amide bonds. The molecule has 3 aliphatic rings. The summed E-state index contributed by atoms with van der Waals surface area (Å²) in [4.78, 5) is 41.8. The van der Waals surface area contributed by atoms with Crippen LogP contribution in [0.5, 0.6) is 0 Å². The average Bonchev–Trinajstić information content (AvgIpc) is 3.24. The Bertz CT molecular complexity index is 732. The molecule has 128 valence electrons. The lowest BCUT2D eigenvalue weighted by atomic mass is 9.86. The Kier molecular flexibility index (Phi) is 3.20. The monoisotopic (exact) mass is 331 g/mol. The lowest BCUT2D eigenvalue weighted by molar-refractivity contribution is -0.134. The van der Waals surface area contributed by atoms with E-state index in [0.717, 1.165) is 30.5 Å². The number of aromatic amines is 1. The maximum absolute atomic E-state index is 12.8. The van der Waals surface area contributed by atoms with Crippen molar-refractivity contribution in [1.29, 1.82) is 0 Å². The maximum atomic E-state index is 12.8. The van der Waals surface area contributed by atoms with Gasteiger partial charge in [-0.2, -0.15) is 5.10 Å². The zero-order valence-electron chi connectivity index (χ0n) is 14.0. The highest BCUT2D eigenvalue weighted by Crippen LogP contribution is 2.36. The largest absolute Gasteiger partial charge is 0.337 e. The highest BCUT2D eigenvalue weighted by molar-refractivity contribution is 6.06. The van der Waals surface area contributed by atoms with Crippen molar-refractivity contribution in [2.75, 3.05) is 27.2 Å². The van der Waals surface area contributed by atoms with E-state index in [1.54, 1.807) is 11.9 Å². The molecule has 2 saturated heterocycles. The Balaban J connectivity index is 1.51. The van der Waals surface area contributed by atoms with E-state index in [-0.39, 0.29) is 17.8 Å². The predicted octanol–water partition coefficient (Wildman–Crippen LogP) is 0.397. The molecule has 0 atom stereocenters. The van der Waals surface area contributed by atoms with Crippen LogP contribution in [0.2, 0.25) is 0 Å². The van der Waals surface area contributed by atoms with E-state index in [4.69, 9.17) is 0 Å². The molecule has 0 bridgehead atoms. The van der Waals surface area contributed by atoms with Gasteiger partial charge in [-0.1, -0.05) is 0 Å². The third-order valence-electron chi connectivity index (χ3n) is 5.81. The number of fused-ring (bicyclic) bond motifs is 1. The maximum Gasteiger partial charge on any atom is 0.327 e. The minimum absolute atomic E-state index is 0.0722. The molecule has 0 radical (unpaired) electrons. The normalized spacial score (nSPS) is 22.7. The van der Waals surface area contributed by atoms with Crippen molar-refractivity contribution in [3.05, 3.63) is 17.0 Å². The lowest BCUT2D eigenvalue weighted by Crippen LogP contribution is -2.56. The van der Waals surface area contributed by atoms with Gasteiger partial charge in [-0.05, 0) is 32.1 Å². The van der Waals surface area contributed by atoms with Crippen molar-refractivity contribution in [3.8, 4) is 0 Å². The molecule has 0 saturated carbocycles. The number of aryl methyl sites for hydroxylation is 1. The summed E-state index contributed by atoms with van der Waals surface area (Å²) >= 11 is 0. The zero-order chi connectivity index (χ0) is 17.1. The fourth-order valence-corrected chi connectivity index (χ4v) is 4.23. The smallest absolute Gasteiger partial charge is 0.327 e. The fourth-order valence-electron chi connectivity index (χ4n) is 4.23. The van der Waals surface area contributed by atoms with Gasteiger partial charge in [-0.3, -0.25) is 19.6 Å². The number of carbonyl (C=O) groups excluding carboxylic acids is 3. The molecule has 1 aromatic rings. The molecular formula is C16H21N5O3. The number of piperidine rings is 1. The van der Waals surface area contributed by atoms with Crippen LogP contribution < -0.4 is 0 Å². The van der Waals surface area contributed by atoms with Gasteiger partial charge < -0.3 is 9.80 Å². The number of nitrogens with one attached hydrogen (secondary N) is 1. The number of likely N-dealkylation sites (N-methyl/N-ethyl adjacent to an activating group) is 2. The molecule has 1 spiro atoms. The van der Waals surface area contributed by atoms with Gasteiger partial charge in [0.15, 0.2) is 5.69 Å². The SMILES string of the molecule is CN1C(=O)N(C)C2(CCN(C(=O)c3n[nH]c4c3CCC4)CC2)C1=O. The first kappa shape index (κ1) is 15.2. The molecule has 0 aromatic carbocycles. The van der Waals surface area contributed by atoms with Crippen molar-refractivity contribution in [3.63, 3.8) is 0 Å². The second kappa shape index (κ2) is 5.06. The number of H-pyrrole nitrogens is 1. The quantitative estimate of drug-likeness (QED) is 0.754. The summed E-state index contributed by atoms with van der Waals surface area (Å²) in [5, 5.41) is 7.17. The minimum Gasteiger partial charge on any atom is -0.337 e. The van der Waals surface area contributed by atoms with Gasteiger partial charge in [0.1, 0.15) is 5.54 Å². The van der Waals surface area contributed by atoms with E-state index < -0.39 is 5.54 Å². The van der Waals surface area contributed by atoms with Crippen LogP contribution in [0.25, 0.3) is 0 Å². The molecule has 8 heteroatoms. The highest BCUT2D eigenvalue weighted by Gasteiger charge is 2.55. The number of rotatable bonds is 1. The van der Waals surface area contributed by atoms with Gasteiger partial charge in [-0.15, -0.1) is 0 Å². The number of urea groups is 1. The second-order valence-electron chi connectivity index (χ2n) is 6.91. The van der Waals surface area contributed by atoms with Crippen LogP contribution in [0.4, 0.5) is 4.79 Å². The van der Waals surface area contributed by atoms with Crippen molar-refractivity contribution in [1.82, 2.24) is 24.9 Å². The summed E-state index contributed by atoms with van der Waals surface area (Å²) < 4.78 is 0. The Morgan fingerprint density at radius 3 is 2.50 bits per heavy atom. The number of likely N-dealkylation sites (tertiary alicyclic amines) is 1. The van der Waals surface area contributed by atoms with Gasteiger partial charge in [0.25, 0.3) is 11.8 Å². The predicted molar refractivity (Wildman–Crippen MR) is 84.4 cm³/mol. The first-order valence-corrected chi connectivity index (χ1v) is 8.37. The number of amides is 4. The van der Waals surface area contributed by atoms with Gasteiger partial charge in [0, 0.05) is 38.4 Å². The summed E-state index contributed by atoms with van der Waals surface area (Å²) in [6.45, 7) is 0.912. The van der Waals surface area contributed by atoms with Crippen LogP contribution in [0.15, 0.2) is 0 Å². The number of nitrogens with zero attached hydrogens (tertiary/aromatic N) is 4. The average molecular weight is 331 g/mol. The van der Waals surface area contributed by atoms with E-state index in [9.17, 15) is 14.4 Å².